The summed E-state index contributed by atoms with van der Waals surface area (Å²) in [6, 6.07) is 0. The Balaban J connectivity index is 0. The van der Waals surface area contributed by atoms with Crippen LogP contribution in [0, 0.1) is 6.92 Å². The molecule has 0 unspecified atom stereocenters. The first kappa shape index (κ1) is 13.0. The van der Waals surface area contributed by atoms with Gasteiger partial charge in [0.25, 0.3) is 0 Å². The van der Waals surface area contributed by atoms with Crippen molar-refractivity contribution >= 4 is 15.7 Å². The SMILES string of the molecule is [CH2-]CCC(=O)OCC.[Cl][Zn+]. The molecule has 0 amide bonds. The summed E-state index contributed by atoms with van der Waals surface area (Å²) in [5.41, 5.74) is 0. The molecule has 0 aliphatic carbocycles. The molecule has 0 heterocycles. The van der Waals surface area contributed by atoms with Crippen molar-refractivity contribution in [2.45, 2.75) is 19.8 Å². The predicted octanol–water partition coefficient (Wildman–Crippen LogP) is 1.85. The summed E-state index contributed by atoms with van der Waals surface area (Å²) in [5.74, 6) is -0.150. The molecule has 0 aromatic rings. The minimum absolute atomic E-state index is 0.150. The van der Waals surface area contributed by atoms with Gasteiger partial charge in [0.1, 0.15) is 0 Å². The summed E-state index contributed by atoms with van der Waals surface area (Å²) in [5, 5.41) is 0. The Hall–Kier alpha value is 0.383. The van der Waals surface area contributed by atoms with Crippen LogP contribution in [0.5, 0.6) is 0 Å². The van der Waals surface area contributed by atoms with Crippen LogP contribution in [0.4, 0.5) is 0 Å². The van der Waals surface area contributed by atoms with Gasteiger partial charge in [0, 0.05) is 6.42 Å². The van der Waals surface area contributed by atoms with Crippen LogP contribution in [0.3, 0.4) is 0 Å². The number of hydrogen-bond donors (Lipinski definition) is 0. The molecule has 0 N–H and O–H groups in total. The van der Waals surface area contributed by atoms with Crippen LogP contribution in [-0.2, 0) is 26.8 Å². The van der Waals surface area contributed by atoms with Gasteiger partial charge in [-0.3, -0.25) is 4.79 Å². The first-order valence-electron chi connectivity index (χ1n) is 3.02. The fraction of sp³-hybridized carbons (Fsp3) is 0.667. The zero-order chi connectivity index (χ0) is 8.41. The van der Waals surface area contributed by atoms with Crippen LogP contribution >= 0.6 is 9.69 Å². The van der Waals surface area contributed by atoms with Crippen molar-refractivity contribution in [1.82, 2.24) is 0 Å². The van der Waals surface area contributed by atoms with Crippen LogP contribution in [0.2, 0.25) is 0 Å². The van der Waals surface area contributed by atoms with Crippen molar-refractivity contribution in [3.63, 3.8) is 0 Å². The van der Waals surface area contributed by atoms with Crippen molar-refractivity contribution in [1.29, 1.82) is 0 Å². The summed E-state index contributed by atoms with van der Waals surface area (Å²) < 4.78 is 4.60. The van der Waals surface area contributed by atoms with E-state index in [0.717, 1.165) is 17.3 Å². The molecule has 0 bridgehead atoms. The minimum atomic E-state index is -0.150. The Morgan fingerprint density at radius 1 is 1.70 bits per heavy atom. The van der Waals surface area contributed by atoms with Crippen LogP contribution < -0.4 is 0 Å². The molecule has 0 aromatic carbocycles. The first-order chi connectivity index (χ1) is 4.81. The maximum absolute atomic E-state index is 10.4. The van der Waals surface area contributed by atoms with Gasteiger partial charge in [-0.05, 0) is 6.92 Å². The molecule has 0 atom stereocenters. The molecule has 0 saturated heterocycles. The molecule has 2 nitrogen and oxygen atoms in total. The van der Waals surface area contributed by atoms with E-state index in [9.17, 15) is 4.79 Å². The number of hydrogen-bond acceptors (Lipinski definition) is 2. The van der Waals surface area contributed by atoms with E-state index in [1.807, 2.05) is 0 Å². The molecule has 56 valence electrons. The second kappa shape index (κ2) is 12.1. The van der Waals surface area contributed by atoms with Gasteiger partial charge in [-0.25, -0.2) is 0 Å². The Kier molecular flexibility index (Phi) is 15.7. The van der Waals surface area contributed by atoms with Crippen LogP contribution in [-0.4, -0.2) is 12.6 Å². The van der Waals surface area contributed by atoms with E-state index in [4.69, 9.17) is 9.69 Å². The van der Waals surface area contributed by atoms with Crippen molar-refractivity contribution in [3.05, 3.63) is 6.92 Å². The van der Waals surface area contributed by atoms with Crippen molar-refractivity contribution in [2.75, 3.05) is 6.61 Å². The summed E-state index contributed by atoms with van der Waals surface area (Å²) in [7, 11) is 4.76. The van der Waals surface area contributed by atoms with Gasteiger partial charge >= 0.3 is 33.0 Å². The van der Waals surface area contributed by atoms with Gasteiger partial charge in [0.15, 0.2) is 0 Å². The van der Waals surface area contributed by atoms with E-state index in [2.05, 4.69) is 11.7 Å². The molecule has 0 aliphatic heterocycles. The van der Waals surface area contributed by atoms with E-state index in [0.29, 0.717) is 19.4 Å². The Morgan fingerprint density at radius 2 is 2.20 bits per heavy atom. The second-order valence-electron chi connectivity index (χ2n) is 1.41. The quantitative estimate of drug-likeness (QED) is 0.408. The molecule has 0 aromatic heterocycles. The number of rotatable bonds is 3. The molecular weight excluding hydrogens is 205 g/mol. The molecule has 10 heavy (non-hydrogen) atoms. The number of carbonyl (C=O) groups excluding carboxylic acids is 1. The van der Waals surface area contributed by atoms with E-state index in [1.165, 1.54) is 0 Å². The monoisotopic (exact) mass is 214 g/mol. The maximum atomic E-state index is 10.4. The average Bonchev–Trinajstić information content (AvgIpc) is 1.93. The molecule has 0 aliphatic rings. The Morgan fingerprint density at radius 3 is 2.50 bits per heavy atom. The number of carbonyl (C=O) groups is 1. The van der Waals surface area contributed by atoms with Crippen LogP contribution in [0.1, 0.15) is 19.8 Å². The van der Waals surface area contributed by atoms with E-state index in [1.54, 1.807) is 6.92 Å². The second-order valence-corrected chi connectivity index (χ2v) is 1.41. The number of halogens is 1. The van der Waals surface area contributed by atoms with E-state index >= 15 is 0 Å². The number of esters is 1. The third kappa shape index (κ3) is 11.2. The normalized spacial score (nSPS) is 7.70. The number of ether oxygens (including phenoxy) is 1. The average molecular weight is 216 g/mol. The van der Waals surface area contributed by atoms with Gasteiger partial charge < -0.3 is 11.7 Å². The van der Waals surface area contributed by atoms with E-state index < -0.39 is 0 Å². The molecular formula is C6H11ClO2Zn. The molecule has 0 radical (unpaired) electrons. The predicted molar refractivity (Wildman–Crippen MR) is 37.1 cm³/mol. The first-order valence-corrected chi connectivity index (χ1v) is 6.92. The third-order valence-corrected chi connectivity index (χ3v) is 0.686. The van der Waals surface area contributed by atoms with Crippen molar-refractivity contribution in [2.24, 2.45) is 0 Å². The third-order valence-electron chi connectivity index (χ3n) is 0.686. The van der Waals surface area contributed by atoms with E-state index in [-0.39, 0.29) is 5.97 Å². The van der Waals surface area contributed by atoms with Crippen LogP contribution in [0.15, 0.2) is 0 Å². The van der Waals surface area contributed by atoms with Gasteiger partial charge in [-0.15, -0.1) is 0 Å². The molecule has 0 spiro atoms. The zero-order valence-corrected chi connectivity index (χ0v) is 9.95. The van der Waals surface area contributed by atoms with Gasteiger partial charge in [-0.1, -0.05) is 0 Å². The summed E-state index contributed by atoms with van der Waals surface area (Å²) in [6.45, 7) is 5.77. The standard InChI is InChI=1S/C6H11O2.ClH.Zn/c1-3-5-6(7)8-4-2;;/h1,3-5H2,2H3;1H;/q-1;;+2/p-1. The molecule has 4 heteroatoms. The summed E-state index contributed by atoms with van der Waals surface area (Å²) >= 11 is 0.847. The molecule has 0 fully saturated rings. The Labute approximate surface area is 76.0 Å². The molecule has 0 saturated carbocycles. The summed E-state index contributed by atoms with van der Waals surface area (Å²) in [6.07, 6.45) is 1.06. The topological polar surface area (TPSA) is 26.3 Å². The van der Waals surface area contributed by atoms with Crippen molar-refractivity contribution < 1.29 is 26.8 Å². The molecule has 0 rings (SSSR count). The van der Waals surface area contributed by atoms with Gasteiger partial charge in [0.05, 0.1) is 6.61 Å². The fourth-order valence-corrected chi connectivity index (χ4v) is 0.377. The van der Waals surface area contributed by atoms with Gasteiger partial charge in [0.2, 0.25) is 0 Å². The summed E-state index contributed by atoms with van der Waals surface area (Å²) in [4.78, 5) is 10.4. The Bertz CT molecular complexity index is 70.1. The zero-order valence-electron chi connectivity index (χ0n) is 6.23. The fourth-order valence-electron chi connectivity index (χ4n) is 0.377. The van der Waals surface area contributed by atoms with Crippen LogP contribution in [0.25, 0.3) is 0 Å². The van der Waals surface area contributed by atoms with Gasteiger partial charge in [-0.2, -0.15) is 6.42 Å². The van der Waals surface area contributed by atoms with Crippen molar-refractivity contribution in [3.8, 4) is 0 Å².